The summed E-state index contributed by atoms with van der Waals surface area (Å²) in [6.45, 7) is 2.04. The fourth-order valence-corrected chi connectivity index (χ4v) is 5.76. The van der Waals surface area contributed by atoms with Gasteiger partial charge in [-0.2, -0.15) is 0 Å². The van der Waals surface area contributed by atoms with Gasteiger partial charge in [-0.1, -0.05) is 36.8 Å². The van der Waals surface area contributed by atoms with E-state index in [1.807, 2.05) is 37.3 Å². The van der Waals surface area contributed by atoms with Crippen LogP contribution < -0.4 is 4.90 Å². The van der Waals surface area contributed by atoms with Crippen LogP contribution in [0.3, 0.4) is 0 Å². The highest BCUT2D eigenvalue weighted by Gasteiger charge is 2.34. The van der Waals surface area contributed by atoms with E-state index in [0.29, 0.717) is 12.8 Å². The number of carbonyl (C=O) groups excluding carboxylic acids is 1. The molecule has 5 rings (SSSR count). The van der Waals surface area contributed by atoms with Crippen LogP contribution in [0.4, 0.5) is 10.5 Å². The normalized spacial score (nSPS) is 22.4. The Morgan fingerprint density at radius 1 is 1.12 bits per heavy atom. The average Bonchev–Trinajstić information content (AvgIpc) is 3.22. The van der Waals surface area contributed by atoms with Crippen LogP contribution in [0.15, 0.2) is 42.5 Å². The smallest absolute Gasteiger partial charge is 0.414 e. The molecule has 0 saturated heterocycles. The van der Waals surface area contributed by atoms with Crippen molar-refractivity contribution in [1.29, 1.82) is 0 Å². The van der Waals surface area contributed by atoms with E-state index in [1.165, 1.54) is 12.7 Å². The number of hydrogen-bond acceptors (Lipinski definition) is 4. The molecule has 1 amide bonds. The number of benzene rings is 2. The Hall–Kier alpha value is -3.35. The molecule has 178 valence electrons. The zero-order valence-corrected chi connectivity index (χ0v) is 19.7. The van der Waals surface area contributed by atoms with Gasteiger partial charge in [0.2, 0.25) is 0 Å². The van der Waals surface area contributed by atoms with Gasteiger partial charge < -0.3 is 14.4 Å². The summed E-state index contributed by atoms with van der Waals surface area (Å²) in [4.78, 5) is 31.2. The molecule has 2 heterocycles. The maximum absolute atomic E-state index is 12.6. The summed E-state index contributed by atoms with van der Waals surface area (Å²) in [5.74, 6) is -0.0817. The minimum Gasteiger partial charge on any atom is -0.481 e. The summed E-state index contributed by atoms with van der Waals surface area (Å²) < 4.78 is 7.36. The van der Waals surface area contributed by atoms with Crippen molar-refractivity contribution in [1.82, 2.24) is 9.55 Å². The first-order chi connectivity index (χ1) is 16.5. The SMILES string of the molecule is COC(=O)N1c2ccc3c(nc(Cc4ccccc4)n3[C@H]3CCC[C@H](C(=O)O)C3)c2CC[C@@H]1C. The monoisotopic (exact) mass is 461 g/mol. The highest BCUT2D eigenvalue weighted by molar-refractivity contribution is 5.95. The quantitative estimate of drug-likeness (QED) is 0.566. The van der Waals surface area contributed by atoms with Crippen molar-refractivity contribution in [3.8, 4) is 0 Å². The number of rotatable bonds is 4. The molecule has 0 radical (unpaired) electrons. The van der Waals surface area contributed by atoms with Crippen LogP contribution in [0.2, 0.25) is 0 Å². The summed E-state index contributed by atoms with van der Waals surface area (Å²) in [5.41, 5.74) is 5.05. The minimum atomic E-state index is -0.709. The lowest BCUT2D eigenvalue weighted by Crippen LogP contribution is -2.42. The zero-order chi connectivity index (χ0) is 23.8. The summed E-state index contributed by atoms with van der Waals surface area (Å²) >= 11 is 0. The molecule has 3 aromatic rings. The summed E-state index contributed by atoms with van der Waals surface area (Å²) in [6, 6.07) is 14.5. The van der Waals surface area contributed by atoms with Gasteiger partial charge in [-0.05, 0) is 56.7 Å². The summed E-state index contributed by atoms with van der Waals surface area (Å²) in [5, 5.41) is 9.68. The van der Waals surface area contributed by atoms with E-state index in [2.05, 4.69) is 16.7 Å². The average molecular weight is 462 g/mol. The number of imidazole rings is 1. The van der Waals surface area contributed by atoms with E-state index < -0.39 is 5.97 Å². The Labute approximate surface area is 199 Å². The second-order valence-corrected chi connectivity index (χ2v) is 9.57. The number of carboxylic acids is 1. The Balaban J connectivity index is 1.65. The van der Waals surface area contributed by atoms with E-state index in [0.717, 1.165) is 60.2 Å². The molecule has 2 aromatic carbocycles. The van der Waals surface area contributed by atoms with Crippen LogP contribution in [-0.4, -0.2) is 39.9 Å². The molecule has 2 aliphatic rings. The Morgan fingerprint density at radius 2 is 1.91 bits per heavy atom. The second kappa shape index (κ2) is 9.12. The first-order valence-corrected chi connectivity index (χ1v) is 12.1. The Morgan fingerprint density at radius 3 is 2.65 bits per heavy atom. The molecule has 0 unspecified atom stereocenters. The lowest BCUT2D eigenvalue weighted by atomic mass is 9.85. The van der Waals surface area contributed by atoms with Gasteiger partial charge in [0.15, 0.2) is 0 Å². The maximum Gasteiger partial charge on any atom is 0.414 e. The fourth-order valence-electron chi connectivity index (χ4n) is 5.76. The van der Waals surface area contributed by atoms with Gasteiger partial charge in [0.25, 0.3) is 0 Å². The number of nitrogens with zero attached hydrogens (tertiary/aromatic N) is 3. The molecule has 3 atom stereocenters. The molecule has 1 fully saturated rings. The van der Waals surface area contributed by atoms with E-state index in [9.17, 15) is 14.7 Å². The Kier molecular flexibility index (Phi) is 6.02. The van der Waals surface area contributed by atoms with Gasteiger partial charge in [0.05, 0.1) is 29.7 Å². The van der Waals surface area contributed by atoms with Crippen LogP contribution >= 0.6 is 0 Å². The third-order valence-corrected chi connectivity index (χ3v) is 7.46. The van der Waals surface area contributed by atoms with E-state index in [-0.39, 0.29) is 24.1 Å². The van der Waals surface area contributed by atoms with E-state index in [1.54, 1.807) is 4.90 Å². The first kappa shape index (κ1) is 22.4. The predicted molar refractivity (Wildman–Crippen MR) is 130 cm³/mol. The number of amides is 1. The molecule has 0 spiro atoms. The minimum absolute atomic E-state index is 0.0537. The van der Waals surface area contributed by atoms with Crippen LogP contribution in [0.25, 0.3) is 11.0 Å². The highest BCUT2D eigenvalue weighted by atomic mass is 16.5. The summed E-state index contributed by atoms with van der Waals surface area (Å²) in [6.07, 6.45) is 5.19. The highest BCUT2D eigenvalue weighted by Crippen LogP contribution is 2.40. The van der Waals surface area contributed by atoms with Crippen LogP contribution in [0, 0.1) is 5.92 Å². The largest absolute Gasteiger partial charge is 0.481 e. The Bertz CT molecular complexity index is 1220. The van der Waals surface area contributed by atoms with Gasteiger partial charge in [0.1, 0.15) is 5.82 Å². The number of hydrogen-bond donors (Lipinski definition) is 1. The third-order valence-electron chi connectivity index (χ3n) is 7.46. The summed E-state index contributed by atoms with van der Waals surface area (Å²) in [7, 11) is 1.41. The number of aryl methyl sites for hydroxylation is 1. The van der Waals surface area contributed by atoms with Gasteiger partial charge >= 0.3 is 12.1 Å². The number of ether oxygens (including phenoxy) is 1. The van der Waals surface area contributed by atoms with Crippen molar-refractivity contribution in [3.05, 3.63) is 59.4 Å². The van der Waals surface area contributed by atoms with Crippen molar-refractivity contribution in [2.75, 3.05) is 12.0 Å². The number of carbonyl (C=O) groups is 2. The topological polar surface area (TPSA) is 84.7 Å². The lowest BCUT2D eigenvalue weighted by molar-refractivity contribution is -0.143. The third kappa shape index (κ3) is 3.93. The van der Waals surface area contributed by atoms with Crippen molar-refractivity contribution in [2.45, 2.75) is 64.0 Å². The molecule has 7 heteroatoms. The molecule has 1 aliphatic carbocycles. The molecular weight excluding hydrogens is 430 g/mol. The van der Waals surface area contributed by atoms with Gasteiger partial charge in [0, 0.05) is 24.1 Å². The van der Waals surface area contributed by atoms with Gasteiger partial charge in [-0.15, -0.1) is 0 Å². The number of aromatic nitrogens is 2. The molecule has 1 saturated carbocycles. The number of aliphatic carboxylic acids is 1. The first-order valence-electron chi connectivity index (χ1n) is 12.1. The lowest BCUT2D eigenvalue weighted by Gasteiger charge is -2.34. The van der Waals surface area contributed by atoms with Crippen molar-refractivity contribution in [2.24, 2.45) is 5.92 Å². The van der Waals surface area contributed by atoms with Crippen molar-refractivity contribution in [3.63, 3.8) is 0 Å². The van der Waals surface area contributed by atoms with Crippen molar-refractivity contribution < 1.29 is 19.4 Å². The predicted octanol–water partition coefficient (Wildman–Crippen LogP) is 5.35. The van der Waals surface area contributed by atoms with Crippen LogP contribution in [0.5, 0.6) is 0 Å². The number of methoxy groups -OCH3 is 1. The standard InChI is InChI=1S/C27H31N3O4/c1-17-11-12-21-22(29(17)27(33)34-2)13-14-23-25(21)28-24(15-18-7-4-3-5-8-18)30(23)20-10-6-9-19(16-20)26(31)32/h3-5,7-8,13-14,17,19-20H,6,9-12,15-16H2,1-2H3,(H,31,32)/t17-,19-,20-/m0/s1. The number of carboxylic acid groups (broad SMARTS) is 1. The number of fused-ring (bicyclic) bond motifs is 3. The molecular formula is C27H31N3O4. The zero-order valence-electron chi connectivity index (χ0n) is 19.7. The van der Waals surface area contributed by atoms with Crippen molar-refractivity contribution >= 4 is 28.8 Å². The van der Waals surface area contributed by atoms with Crippen LogP contribution in [0.1, 0.15) is 62.0 Å². The van der Waals surface area contributed by atoms with E-state index in [4.69, 9.17) is 9.72 Å². The molecule has 1 aromatic heterocycles. The van der Waals surface area contributed by atoms with Gasteiger partial charge in [-0.25, -0.2) is 9.78 Å². The molecule has 34 heavy (non-hydrogen) atoms. The number of anilines is 1. The molecule has 0 bridgehead atoms. The van der Waals surface area contributed by atoms with Crippen LogP contribution in [-0.2, 0) is 22.4 Å². The maximum atomic E-state index is 12.6. The van der Waals surface area contributed by atoms with E-state index >= 15 is 0 Å². The van der Waals surface area contributed by atoms with Gasteiger partial charge in [-0.3, -0.25) is 9.69 Å². The molecule has 7 nitrogen and oxygen atoms in total. The fraction of sp³-hybridized carbons (Fsp3) is 0.444. The molecule has 1 aliphatic heterocycles. The molecule has 1 N–H and O–H groups in total. The second-order valence-electron chi connectivity index (χ2n) is 9.57.